The summed E-state index contributed by atoms with van der Waals surface area (Å²) in [5, 5.41) is 14.8. The topological polar surface area (TPSA) is 120 Å². The van der Waals surface area contributed by atoms with Crippen LogP contribution in [0.15, 0.2) is 53.1 Å². The molecule has 156 valence electrons. The first kappa shape index (κ1) is 19.0. The van der Waals surface area contributed by atoms with Gasteiger partial charge in [0.25, 0.3) is 11.7 Å². The first-order chi connectivity index (χ1) is 15.2. The third kappa shape index (κ3) is 3.33. The fraction of sp³-hybridized carbons (Fsp3) is 0.227. The smallest absolute Gasteiger partial charge is 0.290 e. The molecule has 0 bridgehead atoms. The Morgan fingerprint density at radius 2 is 1.90 bits per heavy atom. The predicted octanol–water partition coefficient (Wildman–Crippen LogP) is 3.13. The monoisotopic (exact) mass is 416 g/mol. The largest absolute Gasteiger partial charge is 0.497 e. The fourth-order valence-corrected chi connectivity index (χ4v) is 4.01. The predicted molar refractivity (Wildman–Crippen MR) is 114 cm³/mol. The van der Waals surface area contributed by atoms with Gasteiger partial charge in [-0.25, -0.2) is 0 Å². The van der Waals surface area contributed by atoms with Crippen molar-refractivity contribution in [2.24, 2.45) is 5.73 Å². The van der Waals surface area contributed by atoms with Crippen molar-refractivity contribution < 1.29 is 14.1 Å². The van der Waals surface area contributed by atoms with E-state index in [9.17, 15) is 4.79 Å². The van der Waals surface area contributed by atoms with Crippen LogP contribution in [0.25, 0.3) is 22.0 Å². The van der Waals surface area contributed by atoms with E-state index in [0.717, 1.165) is 53.0 Å². The van der Waals surface area contributed by atoms with Crippen molar-refractivity contribution in [3.63, 3.8) is 0 Å². The maximum absolute atomic E-state index is 11.4. The standard InChI is InChI=1S/C22H20N6O3/c1-30-14-10-8-13(9-11-14)18-15-5-2-3-6-16(15)21(26-25-18)28-12-4-7-17(28)22-24-20(19(23)29)27-31-22/h2-3,5-6,8-11,17H,4,7,12H2,1H3,(H2,23,29). The highest BCUT2D eigenvalue weighted by Crippen LogP contribution is 2.39. The van der Waals surface area contributed by atoms with Crippen LogP contribution in [-0.4, -0.2) is 39.9 Å². The zero-order chi connectivity index (χ0) is 21.4. The Bertz CT molecular complexity index is 1250. The van der Waals surface area contributed by atoms with Gasteiger partial charge in [-0.3, -0.25) is 4.79 Å². The van der Waals surface area contributed by atoms with E-state index < -0.39 is 5.91 Å². The van der Waals surface area contributed by atoms with E-state index in [4.69, 9.17) is 15.0 Å². The Morgan fingerprint density at radius 1 is 1.13 bits per heavy atom. The number of nitrogens with zero attached hydrogens (tertiary/aromatic N) is 5. The highest BCUT2D eigenvalue weighted by molar-refractivity contribution is 6.00. The Hall–Kier alpha value is -4.01. The number of ether oxygens (including phenoxy) is 1. The number of benzene rings is 2. The molecule has 0 saturated carbocycles. The van der Waals surface area contributed by atoms with Crippen LogP contribution in [0.5, 0.6) is 5.75 Å². The number of hydrogen-bond acceptors (Lipinski definition) is 8. The van der Waals surface area contributed by atoms with E-state index in [0.29, 0.717) is 5.89 Å². The number of hydrogen-bond donors (Lipinski definition) is 1. The second-order valence-corrected chi connectivity index (χ2v) is 7.32. The van der Waals surface area contributed by atoms with Crippen LogP contribution in [0.1, 0.15) is 35.4 Å². The molecule has 31 heavy (non-hydrogen) atoms. The average molecular weight is 416 g/mol. The maximum atomic E-state index is 11.4. The molecule has 4 aromatic rings. The Morgan fingerprint density at radius 3 is 2.61 bits per heavy atom. The number of methoxy groups -OCH3 is 1. The van der Waals surface area contributed by atoms with E-state index in [1.807, 2.05) is 48.5 Å². The molecule has 9 nitrogen and oxygen atoms in total. The van der Waals surface area contributed by atoms with Crippen molar-refractivity contribution in [3.05, 3.63) is 60.2 Å². The van der Waals surface area contributed by atoms with Crippen molar-refractivity contribution in [3.8, 4) is 17.0 Å². The highest BCUT2D eigenvalue weighted by Gasteiger charge is 2.33. The molecular weight excluding hydrogens is 396 g/mol. The Balaban J connectivity index is 1.57. The summed E-state index contributed by atoms with van der Waals surface area (Å²) in [5.74, 6) is 1.05. The summed E-state index contributed by atoms with van der Waals surface area (Å²) in [5.41, 5.74) is 7.02. The second kappa shape index (κ2) is 7.67. The van der Waals surface area contributed by atoms with Gasteiger partial charge in [0.15, 0.2) is 5.82 Å². The molecule has 9 heteroatoms. The van der Waals surface area contributed by atoms with Gasteiger partial charge in [0, 0.05) is 22.9 Å². The van der Waals surface area contributed by atoms with Gasteiger partial charge in [0.2, 0.25) is 5.89 Å². The van der Waals surface area contributed by atoms with Gasteiger partial charge in [0.1, 0.15) is 17.5 Å². The van der Waals surface area contributed by atoms with E-state index in [1.54, 1.807) is 7.11 Å². The lowest BCUT2D eigenvalue weighted by Gasteiger charge is -2.24. The molecule has 0 aliphatic carbocycles. The van der Waals surface area contributed by atoms with E-state index in [-0.39, 0.29) is 11.9 Å². The molecule has 1 fully saturated rings. The summed E-state index contributed by atoms with van der Waals surface area (Å²) in [7, 11) is 1.64. The molecule has 0 radical (unpaired) electrons. The van der Waals surface area contributed by atoms with Crippen LogP contribution >= 0.6 is 0 Å². The number of amides is 1. The number of nitrogens with two attached hydrogens (primary N) is 1. The number of carbonyl (C=O) groups is 1. The van der Waals surface area contributed by atoms with Crippen LogP contribution in [0, 0.1) is 0 Å². The summed E-state index contributed by atoms with van der Waals surface area (Å²) in [4.78, 5) is 17.6. The van der Waals surface area contributed by atoms with Crippen molar-refractivity contribution >= 4 is 22.5 Å². The summed E-state index contributed by atoms with van der Waals surface area (Å²) in [6.07, 6.45) is 1.73. The minimum atomic E-state index is -0.714. The first-order valence-corrected chi connectivity index (χ1v) is 9.95. The zero-order valence-corrected chi connectivity index (χ0v) is 16.9. The molecule has 3 heterocycles. The molecule has 1 aliphatic heterocycles. The van der Waals surface area contributed by atoms with E-state index >= 15 is 0 Å². The number of rotatable bonds is 5. The molecule has 2 aromatic heterocycles. The van der Waals surface area contributed by atoms with Gasteiger partial charge in [-0.1, -0.05) is 29.4 Å². The van der Waals surface area contributed by atoms with Crippen molar-refractivity contribution in [2.45, 2.75) is 18.9 Å². The SMILES string of the molecule is COc1ccc(-c2nnc(N3CCCC3c3nc(C(N)=O)no3)c3ccccc23)cc1. The average Bonchev–Trinajstić information content (AvgIpc) is 3.48. The maximum Gasteiger partial charge on any atom is 0.290 e. The lowest BCUT2D eigenvalue weighted by atomic mass is 10.0. The van der Waals surface area contributed by atoms with Gasteiger partial charge in [0.05, 0.1) is 7.11 Å². The third-order valence-electron chi connectivity index (χ3n) is 5.50. The molecule has 1 unspecified atom stereocenters. The van der Waals surface area contributed by atoms with Crippen molar-refractivity contribution in [2.75, 3.05) is 18.6 Å². The summed E-state index contributed by atoms with van der Waals surface area (Å²) in [6.45, 7) is 0.763. The van der Waals surface area contributed by atoms with Crippen molar-refractivity contribution in [1.82, 2.24) is 20.3 Å². The number of primary amides is 1. The van der Waals surface area contributed by atoms with Crippen LogP contribution < -0.4 is 15.4 Å². The van der Waals surface area contributed by atoms with E-state index in [1.165, 1.54) is 0 Å². The van der Waals surface area contributed by atoms with Crippen molar-refractivity contribution in [1.29, 1.82) is 0 Å². The number of carbonyl (C=O) groups excluding carboxylic acids is 1. The highest BCUT2D eigenvalue weighted by atomic mass is 16.5. The van der Waals surface area contributed by atoms with Gasteiger partial charge < -0.3 is 19.9 Å². The van der Waals surface area contributed by atoms with Crippen LogP contribution in [0.2, 0.25) is 0 Å². The van der Waals surface area contributed by atoms with Gasteiger partial charge >= 0.3 is 0 Å². The molecule has 1 amide bonds. The number of fused-ring (bicyclic) bond motifs is 1. The van der Waals surface area contributed by atoms with Gasteiger partial charge in [-0.2, -0.15) is 4.98 Å². The quantitative estimate of drug-likeness (QED) is 0.527. The normalized spacial score (nSPS) is 16.0. The Labute approximate surface area is 177 Å². The van der Waals surface area contributed by atoms with E-state index in [2.05, 4.69) is 25.2 Å². The van der Waals surface area contributed by atoms with Crippen LogP contribution in [0.4, 0.5) is 5.82 Å². The van der Waals surface area contributed by atoms with Gasteiger partial charge in [-0.15, -0.1) is 10.2 Å². The zero-order valence-electron chi connectivity index (χ0n) is 16.9. The Kier molecular flexibility index (Phi) is 4.70. The summed E-state index contributed by atoms with van der Waals surface area (Å²) < 4.78 is 10.6. The second-order valence-electron chi connectivity index (χ2n) is 7.32. The minimum Gasteiger partial charge on any atom is -0.497 e. The molecule has 2 N–H and O–H groups in total. The molecule has 1 atom stereocenters. The molecule has 1 aliphatic rings. The van der Waals surface area contributed by atoms with Crippen LogP contribution in [0.3, 0.4) is 0 Å². The minimum absolute atomic E-state index is 0.118. The van der Waals surface area contributed by atoms with Crippen LogP contribution in [-0.2, 0) is 0 Å². The number of anilines is 1. The molecular formula is C22H20N6O3. The summed E-state index contributed by atoms with van der Waals surface area (Å²) >= 11 is 0. The fourth-order valence-electron chi connectivity index (χ4n) is 4.01. The lowest BCUT2D eigenvalue weighted by molar-refractivity contribution is 0.0987. The molecule has 2 aromatic carbocycles. The van der Waals surface area contributed by atoms with Gasteiger partial charge in [-0.05, 0) is 37.1 Å². The summed E-state index contributed by atoms with van der Waals surface area (Å²) in [6, 6.07) is 15.6. The number of aromatic nitrogens is 4. The molecule has 0 spiro atoms. The lowest BCUT2D eigenvalue weighted by Crippen LogP contribution is -2.24. The molecule has 1 saturated heterocycles. The third-order valence-corrected chi connectivity index (χ3v) is 5.50. The first-order valence-electron chi connectivity index (χ1n) is 9.95. The molecule has 5 rings (SSSR count).